The minimum absolute atomic E-state index is 0.0706. The van der Waals surface area contributed by atoms with Crippen molar-refractivity contribution < 1.29 is 22.4 Å². The fourth-order valence-electron chi connectivity index (χ4n) is 3.86. The Morgan fingerprint density at radius 2 is 1.88 bits per heavy atom. The van der Waals surface area contributed by atoms with Crippen LogP contribution >= 0.6 is 0 Å². The molecule has 1 aromatic carbocycles. The van der Waals surface area contributed by atoms with Crippen LogP contribution in [0.15, 0.2) is 60.8 Å². The maximum Gasteiger partial charge on any atom is 0.410 e. The lowest BCUT2D eigenvalue weighted by Crippen LogP contribution is -2.56. The van der Waals surface area contributed by atoms with E-state index in [-0.39, 0.29) is 11.5 Å². The number of allylic oxidation sites excluding steroid dienone is 2. The SMILES string of the molecule is CN1C=CC=CC1[C@H](NC(=O)c1ccc(C2CC2)c(Cc2ccc(F)cc2)n1)C(F)(F)F. The number of pyridine rings is 1. The number of likely N-dealkylation sites (N-methyl/N-ethyl adjacent to an activating group) is 1. The Balaban J connectivity index is 1.59. The highest BCUT2D eigenvalue weighted by atomic mass is 19.4. The molecule has 1 fully saturated rings. The Hall–Kier alpha value is -3.16. The molecule has 32 heavy (non-hydrogen) atoms. The van der Waals surface area contributed by atoms with Gasteiger partial charge in [0.05, 0.1) is 6.04 Å². The van der Waals surface area contributed by atoms with Gasteiger partial charge in [-0.1, -0.05) is 30.4 Å². The van der Waals surface area contributed by atoms with Crippen LogP contribution in [-0.4, -0.2) is 41.1 Å². The number of carbonyl (C=O) groups is 1. The zero-order chi connectivity index (χ0) is 22.9. The number of nitrogens with zero attached hydrogens (tertiary/aromatic N) is 2. The zero-order valence-corrected chi connectivity index (χ0v) is 17.4. The van der Waals surface area contributed by atoms with Crippen molar-refractivity contribution in [3.63, 3.8) is 0 Å². The normalized spacial score (nSPS) is 19.2. The summed E-state index contributed by atoms with van der Waals surface area (Å²) in [6.07, 6.45) is 3.83. The molecule has 1 amide bonds. The van der Waals surface area contributed by atoms with Crippen molar-refractivity contribution >= 4 is 5.91 Å². The molecular weight excluding hydrogens is 422 g/mol. The Labute approximate surface area is 183 Å². The maximum absolute atomic E-state index is 13.8. The quantitative estimate of drug-likeness (QED) is 0.654. The molecule has 1 unspecified atom stereocenters. The lowest BCUT2D eigenvalue weighted by Gasteiger charge is -2.34. The molecule has 4 rings (SSSR count). The van der Waals surface area contributed by atoms with Crippen LogP contribution in [0.25, 0.3) is 0 Å². The minimum Gasteiger partial charge on any atom is -0.372 e. The first kappa shape index (κ1) is 22.0. The molecule has 1 saturated carbocycles. The number of halogens is 4. The van der Waals surface area contributed by atoms with Crippen LogP contribution in [0.2, 0.25) is 0 Å². The van der Waals surface area contributed by atoms with E-state index in [0.717, 1.165) is 24.0 Å². The van der Waals surface area contributed by atoms with Crippen LogP contribution in [0.1, 0.15) is 46.1 Å². The molecule has 1 N–H and O–H groups in total. The number of rotatable bonds is 6. The van der Waals surface area contributed by atoms with E-state index in [2.05, 4.69) is 10.3 Å². The molecule has 1 aliphatic heterocycles. The van der Waals surface area contributed by atoms with E-state index in [9.17, 15) is 22.4 Å². The summed E-state index contributed by atoms with van der Waals surface area (Å²) in [5.74, 6) is -0.899. The predicted octanol–water partition coefficient (Wildman–Crippen LogP) is 4.73. The molecule has 0 radical (unpaired) electrons. The van der Waals surface area contributed by atoms with Gasteiger partial charge >= 0.3 is 6.18 Å². The summed E-state index contributed by atoms with van der Waals surface area (Å²) in [5.41, 5.74) is 2.36. The molecule has 4 nitrogen and oxygen atoms in total. The topological polar surface area (TPSA) is 45.2 Å². The monoisotopic (exact) mass is 445 g/mol. The lowest BCUT2D eigenvalue weighted by molar-refractivity contribution is -0.161. The number of alkyl halides is 3. The Bertz CT molecular complexity index is 1040. The van der Waals surface area contributed by atoms with Crippen molar-refractivity contribution in [2.24, 2.45) is 0 Å². The summed E-state index contributed by atoms with van der Waals surface area (Å²) in [7, 11) is 1.53. The van der Waals surface area contributed by atoms with Crippen molar-refractivity contribution in [1.29, 1.82) is 0 Å². The van der Waals surface area contributed by atoms with Gasteiger partial charge in [0, 0.05) is 19.2 Å². The third-order valence-corrected chi connectivity index (χ3v) is 5.74. The van der Waals surface area contributed by atoms with E-state index >= 15 is 0 Å². The predicted molar refractivity (Wildman–Crippen MR) is 113 cm³/mol. The van der Waals surface area contributed by atoms with Crippen LogP contribution in [0.4, 0.5) is 17.6 Å². The highest BCUT2D eigenvalue weighted by Gasteiger charge is 2.46. The summed E-state index contributed by atoms with van der Waals surface area (Å²) in [6, 6.07) is 6.07. The van der Waals surface area contributed by atoms with E-state index < -0.39 is 24.2 Å². The Kier molecular flexibility index (Phi) is 6.04. The summed E-state index contributed by atoms with van der Waals surface area (Å²) < 4.78 is 54.6. The molecular formula is C24H23F4N3O. The second kappa shape index (κ2) is 8.76. The smallest absolute Gasteiger partial charge is 0.372 e. The van der Waals surface area contributed by atoms with Gasteiger partial charge in [-0.15, -0.1) is 0 Å². The largest absolute Gasteiger partial charge is 0.410 e. The van der Waals surface area contributed by atoms with Gasteiger partial charge in [0.25, 0.3) is 5.91 Å². The molecule has 0 bridgehead atoms. The third-order valence-electron chi connectivity index (χ3n) is 5.74. The summed E-state index contributed by atoms with van der Waals surface area (Å²) in [6.45, 7) is 0. The molecule has 168 valence electrons. The highest BCUT2D eigenvalue weighted by Crippen LogP contribution is 2.41. The van der Waals surface area contributed by atoms with E-state index in [0.29, 0.717) is 18.0 Å². The van der Waals surface area contributed by atoms with E-state index in [4.69, 9.17) is 0 Å². The number of aromatic nitrogens is 1. The van der Waals surface area contributed by atoms with Gasteiger partial charge in [-0.25, -0.2) is 9.37 Å². The van der Waals surface area contributed by atoms with Crippen molar-refractivity contribution in [3.8, 4) is 0 Å². The number of nitrogens with one attached hydrogen (secondary N) is 1. The zero-order valence-electron chi connectivity index (χ0n) is 17.4. The average molecular weight is 445 g/mol. The van der Waals surface area contributed by atoms with Crippen LogP contribution in [0.5, 0.6) is 0 Å². The fourth-order valence-corrected chi connectivity index (χ4v) is 3.86. The first-order chi connectivity index (χ1) is 15.2. The van der Waals surface area contributed by atoms with Crippen LogP contribution in [-0.2, 0) is 6.42 Å². The summed E-state index contributed by atoms with van der Waals surface area (Å²) in [4.78, 5) is 18.7. The first-order valence-corrected chi connectivity index (χ1v) is 10.4. The summed E-state index contributed by atoms with van der Waals surface area (Å²) >= 11 is 0. The third kappa shape index (κ3) is 5.00. The van der Waals surface area contributed by atoms with Crippen molar-refractivity contribution in [3.05, 3.63) is 89.2 Å². The molecule has 2 atom stereocenters. The van der Waals surface area contributed by atoms with Gasteiger partial charge in [0.2, 0.25) is 0 Å². The van der Waals surface area contributed by atoms with Crippen LogP contribution in [0.3, 0.4) is 0 Å². The second-order valence-corrected chi connectivity index (χ2v) is 8.19. The second-order valence-electron chi connectivity index (χ2n) is 8.19. The maximum atomic E-state index is 13.8. The van der Waals surface area contributed by atoms with Gasteiger partial charge in [0.1, 0.15) is 17.6 Å². The Morgan fingerprint density at radius 3 is 2.50 bits per heavy atom. The number of carbonyl (C=O) groups excluding carboxylic acids is 1. The summed E-state index contributed by atoms with van der Waals surface area (Å²) in [5, 5.41) is 2.13. The van der Waals surface area contributed by atoms with Crippen molar-refractivity contribution in [2.45, 2.75) is 43.4 Å². The Morgan fingerprint density at radius 1 is 1.16 bits per heavy atom. The molecule has 8 heteroatoms. The average Bonchev–Trinajstić information content (AvgIpc) is 3.58. The molecule has 0 saturated heterocycles. The van der Waals surface area contributed by atoms with Gasteiger partial charge < -0.3 is 10.2 Å². The van der Waals surface area contributed by atoms with Crippen LogP contribution in [0, 0.1) is 5.82 Å². The highest BCUT2D eigenvalue weighted by molar-refractivity contribution is 5.92. The van der Waals surface area contributed by atoms with Crippen LogP contribution < -0.4 is 5.32 Å². The van der Waals surface area contributed by atoms with E-state index in [1.54, 1.807) is 24.3 Å². The number of amides is 1. The molecule has 2 heterocycles. The van der Waals surface area contributed by atoms with Crippen molar-refractivity contribution in [1.82, 2.24) is 15.2 Å². The van der Waals surface area contributed by atoms with E-state index in [1.165, 1.54) is 48.5 Å². The van der Waals surface area contributed by atoms with Gasteiger partial charge in [-0.3, -0.25) is 4.79 Å². The fraction of sp³-hybridized carbons (Fsp3) is 0.333. The molecule has 2 aliphatic rings. The van der Waals surface area contributed by atoms with Gasteiger partial charge in [-0.05, 0) is 60.4 Å². The minimum atomic E-state index is -4.64. The lowest BCUT2D eigenvalue weighted by atomic mass is 10.0. The standard InChI is InChI=1S/C24H23F4N3O/c1-31-13-3-2-4-21(31)22(24(26,27)28)30-23(32)19-12-11-18(16-7-8-16)20(29-19)14-15-5-9-17(25)10-6-15/h2-6,9-13,16,21-22H,7-8,14H2,1H3,(H,30,32)/t21?,22-/m0/s1. The van der Waals surface area contributed by atoms with Gasteiger partial charge in [-0.2, -0.15) is 13.2 Å². The molecule has 2 aromatic rings. The number of hydrogen-bond donors (Lipinski definition) is 1. The molecule has 0 spiro atoms. The molecule has 1 aromatic heterocycles. The van der Waals surface area contributed by atoms with Gasteiger partial charge in [0.15, 0.2) is 0 Å². The number of benzene rings is 1. The number of hydrogen-bond acceptors (Lipinski definition) is 3. The van der Waals surface area contributed by atoms with Crippen molar-refractivity contribution in [2.75, 3.05) is 7.05 Å². The molecule has 1 aliphatic carbocycles. The first-order valence-electron chi connectivity index (χ1n) is 10.4. The van der Waals surface area contributed by atoms with E-state index in [1.807, 2.05) is 0 Å².